The van der Waals surface area contributed by atoms with Gasteiger partial charge < -0.3 is 9.63 Å². The van der Waals surface area contributed by atoms with Gasteiger partial charge in [0.05, 0.1) is 13.1 Å². The highest BCUT2D eigenvalue weighted by Gasteiger charge is 2.22. The summed E-state index contributed by atoms with van der Waals surface area (Å²) < 4.78 is 5.38. The highest BCUT2D eigenvalue weighted by atomic mass is 35.5. The molecule has 2 heterocycles. The van der Waals surface area contributed by atoms with Crippen LogP contribution in [-0.4, -0.2) is 63.7 Å². The fourth-order valence-electron chi connectivity index (χ4n) is 3.14. The van der Waals surface area contributed by atoms with Crippen molar-refractivity contribution in [1.29, 1.82) is 0 Å². The van der Waals surface area contributed by atoms with E-state index in [1.807, 2.05) is 11.9 Å². The van der Waals surface area contributed by atoms with E-state index in [1.165, 1.54) is 0 Å². The van der Waals surface area contributed by atoms with Crippen LogP contribution >= 0.6 is 12.4 Å². The molecule has 144 valence electrons. The van der Waals surface area contributed by atoms with Crippen LogP contribution < -0.4 is 0 Å². The lowest BCUT2D eigenvalue weighted by atomic mass is 10.1. The molecule has 1 saturated heterocycles. The van der Waals surface area contributed by atoms with Gasteiger partial charge in [0.1, 0.15) is 0 Å². The third-order valence-electron chi connectivity index (χ3n) is 4.61. The Bertz CT molecular complexity index is 524. The summed E-state index contributed by atoms with van der Waals surface area (Å²) in [6, 6.07) is 0.329. The second-order valence-corrected chi connectivity index (χ2v) is 7.21. The van der Waals surface area contributed by atoms with Gasteiger partial charge in [0, 0.05) is 19.0 Å². The van der Waals surface area contributed by atoms with Gasteiger partial charge >= 0.3 is 5.97 Å². The number of likely N-dealkylation sites (N-methyl/N-ethyl adjacent to an activating group) is 1. The Balaban J connectivity index is 0.00000312. The van der Waals surface area contributed by atoms with E-state index in [4.69, 9.17) is 9.63 Å². The van der Waals surface area contributed by atoms with Crippen LogP contribution in [0.1, 0.15) is 51.2 Å². The van der Waals surface area contributed by atoms with Crippen LogP contribution in [0.25, 0.3) is 0 Å². The lowest BCUT2D eigenvalue weighted by Gasteiger charge is -2.25. The molecule has 0 amide bonds. The van der Waals surface area contributed by atoms with Gasteiger partial charge in [-0.3, -0.25) is 14.6 Å². The molecule has 7 nitrogen and oxygen atoms in total. The summed E-state index contributed by atoms with van der Waals surface area (Å²) in [5.74, 6) is 1.36. The maximum Gasteiger partial charge on any atom is 0.317 e. The zero-order valence-corrected chi connectivity index (χ0v) is 16.3. The molecule has 1 atom stereocenters. The molecule has 2 rings (SSSR count). The quantitative estimate of drug-likeness (QED) is 0.748. The molecule has 0 saturated carbocycles. The molecule has 25 heavy (non-hydrogen) atoms. The lowest BCUT2D eigenvalue weighted by molar-refractivity contribution is -0.138. The molecule has 0 aromatic carbocycles. The smallest absolute Gasteiger partial charge is 0.317 e. The van der Waals surface area contributed by atoms with E-state index >= 15 is 0 Å². The van der Waals surface area contributed by atoms with Gasteiger partial charge in [0.15, 0.2) is 5.82 Å². The molecule has 1 aromatic rings. The summed E-state index contributed by atoms with van der Waals surface area (Å²) in [6.45, 7) is 7.09. The molecule has 1 N–H and O–H groups in total. The zero-order chi connectivity index (χ0) is 17.5. The predicted molar refractivity (Wildman–Crippen MR) is 97.9 cm³/mol. The standard InChI is InChI=1S/C17H30N4O3.ClH/c1-13(2)6-7-15-18-16(24-19-15)11-21-9-4-5-14(8-10-21)20(3)12-17(22)23;/h13-14H,4-12H2,1-3H3,(H,22,23);1H. The van der Waals surface area contributed by atoms with Gasteiger partial charge in [-0.05, 0) is 45.2 Å². The lowest BCUT2D eigenvalue weighted by Crippen LogP contribution is -2.36. The minimum Gasteiger partial charge on any atom is -0.480 e. The number of hydrogen-bond acceptors (Lipinski definition) is 6. The number of carboxylic acid groups (broad SMARTS) is 1. The van der Waals surface area contributed by atoms with Crippen molar-refractivity contribution < 1.29 is 14.4 Å². The minimum absolute atomic E-state index is 0. The number of carbonyl (C=O) groups is 1. The number of hydrogen-bond donors (Lipinski definition) is 1. The Hall–Kier alpha value is -1.18. The van der Waals surface area contributed by atoms with E-state index in [-0.39, 0.29) is 19.0 Å². The van der Waals surface area contributed by atoms with Crippen molar-refractivity contribution in [3.05, 3.63) is 11.7 Å². The molecular weight excluding hydrogens is 344 g/mol. The first kappa shape index (κ1) is 21.9. The van der Waals surface area contributed by atoms with Crippen molar-refractivity contribution in [3.8, 4) is 0 Å². The zero-order valence-electron chi connectivity index (χ0n) is 15.5. The van der Waals surface area contributed by atoms with Gasteiger partial charge in [0.2, 0.25) is 5.89 Å². The van der Waals surface area contributed by atoms with Crippen LogP contribution in [0, 0.1) is 5.92 Å². The number of rotatable bonds is 8. The minimum atomic E-state index is -0.765. The molecule has 0 bridgehead atoms. The second-order valence-electron chi connectivity index (χ2n) is 7.21. The van der Waals surface area contributed by atoms with Gasteiger partial charge in [0.25, 0.3) is 0 Å². The summed E-state index contributed by atoms with van der Waals surface area (Å²) in [5.41, 5.74) is 0. The molecule has 8 heteroatoms. The van der Waals surface area contributed by atoms with Crippen molar-refractivity contribution in [3.63, 3.8) is 0 Å². The fourth-order valence-corrected chi connectivity index (χ4v) is 3.14. The van der Waals surface area contributed by atoms with Crippen molar-refractivity contribution in [2.75, 3.05) is 26.7 Å². The average Bonchev–Trinajstić information content (AvgIpc) is 2.81. The molecule has 1 unspecified atom stereocenters. The number of aromatic nitrogens is 2. The van der Waals surface area contributed by atoms with Gasteiger partial charge in [-0.25, -0.2) is 0 Å². The molecule has 0 radical (unpaired) electrons. The Morgan fingerprint density at radius 3 is 2.84 bits per heavy atom. The highest BCUT2D eigenvalue weighted by molar-refractivity contribution is 5.85. The number of aryl methyl sites for hydroxylation is 1. The maximum absolute atomic E-state index is 10.9. The predicted octanol–water partition coefficient (Wildman–Crippen LogP) is 2.45. The molecule has 1 aliphatic heterocycles. The Morgan fingerprint density at radius 2 is 2.16 bits per heavy atom. The fraction of sp³-hybridized carbons (Fsp3) is 0.824. The Kier molecular flexibility index (Phi) is 9.38. The third kappa shape index (κ3) is 7.71. The number of carboxylic acids is 1. The molecule has 0 spiro atoms. The van der Waals surface area contributed by atoms with Crippen molar-refractivity contribution >= 4 is 18.4 Å². The number of likely N-dealkylation sites (tertiary alicyclic amines) is 1. The maximum atomic E-state index is 10.9. The van der Waals surface area contributed by atoms with Gasteiger partial charge in [-0.1, -0.05) is 19.0 Å². The van der Waals surface area contributed by atoms with Crippen molar-refractivity contribution in [2.24, 2.45) is 5.92 Å². The molecule has 1 fully saturated rings. The normalized spacial score (nSPS) is 19.0. The largest absolute Gasteiger partial charge is 0.480 e. The van der Waals surface area contributed by atoms with Crippen LogP contribution in [0.3, 0.4) is 0 Å². The molecule has 0 aliphatic carbocycles. The average molecular weight is 375 g/mol. The van der Waals surface area contributed by atoms with Gasteiger partial charge in [-0.15, -0.1) is 12.4 Å². The van der Waals surface area contributed by atoms with E-state index in [0.717, 1.165) is 51.0 Å². The first-order valence-electron chi connectivity index (χ1n) is 8.90. The van der Waals surface area contributed by atoms with E-state index in [9.17, 15) is 4.79 Å². The van der Waals surface area contributed by atoms with E-state index < -0.39 is 5.97 Å². The van der Waals surface area contributed by atoms with Crippen LogP contribution in [0.2, 0.25) is 0 Å². The highest BCUT2D eigenvalue weighted by Crippen LogP contribution is 2.17. The molecular formula is C17H31ClN4O3. The number of nitrogens with zero attached hydrogens (tertiary/aromatic N) is 4. The van der Waals surface area contributed by atoms with Crippen LogP contribution in [0.5, 0.6) is 0 Å². The summed E-state index contributed by atoms with van der Waals surface area (Å²) in [4.78, 5) is 19.6. The summed E-state index contributed by atoms with van der Waals surface area (Å²) in [6.07, 6.45) is 4.99. The van der Waals surface area contributed by atoms with Gasteiger partial charge in [-0.2, -0.15) is 4.98 Å². The monoisotopic (exact) mass is 374 g/mol. The summed E-state index contributed by atoms with van der Waals surface area (Å²) in [5, 5.41) is 13.0. The molecule has 1 aliphatic rings. The number of halogens is 1. The van der Waals surface area contributed by atoms with E-state index in [0.29, 0.717) is 24.4 Å². The summed E-state index contributed by atoms with van der Waals surface area (Å²) in [7, 11) is 1.90. The molecule has 1 aromatic heterocycles. The SMILES string of the molecule is CC(C)CCc1noc(CN2CCCC(N(C)CC(=O)O)CC2)n1.Cl. The Labute approximate surface area is 156 Å². The topological polar surface area (TPSA) is 82.7 Å². The van der Waals surface area contributed by atoms with Crippen LogP contribution in [0.15, 0.2) is 4.52 Å². The second kappa shape index (κ2) is 10.7. The van der Waals surface area contributed by atoms with Crippen LogP contribution in [-0.2, 0) is 17.8 Å². The van der Waals surface area contributed by atoms with Crippen molar-refractivity contribution in [2.45, 2.75) is 58.5 Å². The summed E-state index contributed by atoms with van der Waals surface area (Å²) >= 11 is 0. The number of aliphatic carboxylic acids is 1. The third-order valence-corrected chi connectivity index (χ3v) is 4.61. The van der Waals surface area contributed by atoms with E-state index in [2.05, 4.69) is 28.9 Å². The Morgan fingerprint density at radius 1 is 1.40 bits per heavy atom. The van der Waals surface area contributed by atoms with Crippen molar-refractivity contribution in [1.82, 2.24) is 19.9 Å². The first-order chi connectivity index (χ1) is 11.4. The van der Waals surface area contributed by atoms with Crippen LogP contribution in [0.4, 0.5) is 0 Å². The van der Waals surface area contributed by atoms with E-state index in [1.54, 1.807) is 0 Å². The first-order valence-corrected chi connectivity index (χ1v) is 8.90.